The molecule has 3 rings (SSSR count). The number of rotatable bonds is 4. The van der Waals surface area contributed by atoms with Crippen molar-refractivity contribution in [1.29, 1.82) is 0 Å². The van der Waals surface area contributed by atoms with Gasteiger partial charge in [-0.25, -0.2) is 9.67 Å². The summed E-state index contributed by atoms with van der Waals surface area (Å²) >= 11 is 0. The molecule has 0 radical (unpaired) electrons. The van der Waals surface area contributed by atoms with Crippen molar-refractivity contribution in [3.63, 3.8) is 0 Å². The van der Waals surface area contributed by atoms with Crippen LogP contribution in [0.5, 0.6) is 0 Å². The number of benzene rings is 1. The van der Waals surface area contributed by atoms with Gasteiger partial charge in [0.1, 0.15) is 6.61 Å². The van der Waals surface area contributed by atoms with Gasteiger partial charge in [0, 0.05) is 13.3 Å². The molecule has 6 nitrogen and oxygen atoms in total. The van der Waals surface area contributed by atoms with Gasteiger partial charge >= 0.3 is 0 Å². The largest absolute Gasteiger partial charge is 0.377 e. The monoisotopic (exact) mass is 255 g/mol. The minimum atomic E-state index is 0.416. The van der Waals surface area contributed by atoms with E-state index in [1.54, 1.807) is 18.0 Å². The third kappa shape index (κ3) is 2.38. The van der Waals surface area contributed by atoms with Crippen LogP contribution in [0.15, 0.2) is 42.7 Å². The second-order valence-electron chi connectivity index (χ2n) is 4.05. The first kappa shape index (κ1) is 11.6. The number of hydrogen-bond donors (Lipinski definition) is 1. The van der Waals surface area contributed by atoms with Crippen molar-refractivity contribution in [2.75, 3.05) is 7.11 Å². The van der Waals surface area contributed by atoms with Crippen LogP contribution in [-0.4, -0.2) is 32.1 Å². The number of nitrogens with one attached hydrogen (secondary N) is 1. The highest BCUT2D eigenvalue weighted by Gasteiger charge is 2.08. The van der Waals surface area contributed by atoms with Gasteiger partial charge in [0.25, 0.3) is 0 Å². The number of aromatic nitrogens is 5. The van der Waals surface area contributed by atoms with Crippen molar-refractivity contribution in [3.05, 3.63) is 48.5 Å². The van der Waals surface area contributed by atoms with Gasteiger partial charge in [-0.15, -0.1) is 0 Å². The summed E-state index contributed by atoms with van der Waals surface area (Å²) < 4.78 is 6.79. The molecule has 0 aliphatic heterocycles. The van der Waals surface area contributed by atoms with Crippen LogP contribution in [0.1, 0.15) is 5.82 Å². The molecule has 0 aliphatic rings. The van der Waals surface area contributed by atoms with Crippen molar-refractivity contribution < 1.29 is 4.74 Å². The van der Waals surface area contributed by atoms with Crippen molar-refractivity contribution >= 4 is 0 Å². The lowest BCUT2D eigenvalue weighted by molar-refractivity contribution is 0.178. The van der Waals surface area contributed by atoms with Gasteiger partial charge in [-0.3, -0.25) is 5.10 Å². The molecule has 0 bridgehead atoms. The first-order valence-corrected chi connectivity index (χ1v) is 5.87. The molecular formula is C13H13N5O. The summed E-state index contributed by atoms with van der Waals surface area (Å²) in [6.07, 6.45) is 3.64. The number of para-hydroxylation sites is 1. The average molecular weight is 255 g/mol. The summed E-state index contributed by atoms with van der Waals surface area (Å²) in [5, 5.41) is 11.3. The quantitative estimate of drug-likeness (QED) is 0.772. The Balaban J connectivity index is 1.88. The second kappa shape index (κ2) is 5.03. The lowest BCUT2D eigenvalue weighted by Crippen LogP contribution is -1.92. The van der Waals surface area contributed by atoms with Crippen LogP contribution in [0.4, 0.5) is 0 Å². The number of hydrogen-bond acceptors (Lipinski definition) is 4. The molecule has 96 valence electrons. The number of methoxy groups -OCH3 is 1. The molecule has 0 saturated heterocycles. The van der Waals surface area contributed by atoms with E-state index in [-0.39, 0.29) is 0 Å². The molecule has 0 amide bonds. The van der Waals surface area contributed by atoms with Gasteiger partial charge in [0.05, 0.1) is 17.4 Å². The predicted molar refractivity (Wildman–Crippen MR) is 69.7 cm³/mol. The zero-order valence-electron chi connectivity index (χ0n) is 10.4. The zero-order valence-corrected chi connectivity index (χ0v) is 10.4. The standard InChI is InChI=1S/C13H13N5O/c1-19-9-12-15-13(17-16-12)10-7-14-18(8-10)11-5-3-2-4-6-11/h2-8H,9H2,1H3,(H,15,16,17). The van der Waals surface area contributed by atoms with Crippen molar-refractivity contribution in [1.82, 2.24) is 25.0 Å². The molecule has 2 aromatic heterocycles. The fraction of sp³-hybridized carbons (Fsp3) is 0.154. The van der Waals surface area contributed by atoms with Gasteiger partial charge in [-0.1, -0.05) is 18.2 Å². The highest BCUT2D eigenvalue weighted by atomic mass is 16.5. The molecule has 0 atom stereocenters. The van der Waals surface area contributed by atoms with Crippen LogP contribution in [0, 0.1) is 0 Å². The van der Waals surface area contributed by atoms with Crippen LogP contribution in [0.3, 0.4) is 0 Å². The van der Waals surface area contributed by atoms with E-state index in [1.165, 1.54) is 0 Å². The smallest absolute Gasteiger partial charge is 0.184 e. The average Bonchev–Trinajstić information content (AvgIpc) is 3.08. The fourth-order valence-electron chi connectivity index (χ4n) is 1.79. The number of nitrogens with zero attached hydrogens (tertiary/aromatic N) is 4. The molecule has 0 spiro atoms. The van der Waals surface area contributed by atoms with Crippen molar-refractivity contribution in [2.45, 2.75) is 6.61 Å². The van der Waals surface area contributed by atoms with E-state index in [4.69, 9.17) is 4.74 Å². The van der Waals surface area contributed by atoms with E-state index < -0.39 is 0 Å². The fourth-order valence-corrected chi connectivity index (χ4v) is 1.79. The molecule has 3 aromatic rings. The maximum atomic E-state index is 5.00. The third-order valence-electron chi connectivity index (χ3n) is 2.67. The van der Waals surface area contributed by atoms with E-state index >= 15 is 0 Å². The molecule has 1 N–H and O–H groups in total. The van der Waals surface area contributed by atoms with Gasteiger partial charge < -0.3 is 4.74 Å². The third-order valence-corrected chi connectivity index (χ3v) is 2.67. The molecule has 0 unspecified atom stereocenters. The SMILES string of the molecule is COCc1nc(-c2cnn(-c3ccccc3)c2)n[nH]1. The van der Waals surface area contributed by atoms with Gasteiger partial charge in [-0.2, -0.15) is 10.2 Å². The highest BCUT2D eigenvalue weighted by Crippen LogP contribution is 2.16. The van der Waals surface area contributed by atoms with Crippen LogP contribution in [-0.2, 0) is 11.3 Å². The molecule has 19 heavy (non-hydrogen) atoms. The molecule has 6 heteroatoms. The molecular weight excluding hydrogens is 242 g/mol. The first-order chi connectivity index (χ1) is 9.36. The number of aromatic amines is 1. The molecule has 0 aliphatic carbocycles. The summed E-state index contributed by atoms with van der Waals surface area (Å²) in [4.78, 5) is 4.33. The number of H-pyrrole nitrogens is 1. The van der Waals surface area contributed by atoms with E-state index in [0.717, 1.165) is 11.3 Å². The van der Waals surface area contributed by atoms with Gasteiger partial charge in [0.15, 0.2) is 11.6 Å². The molecule has 2 heterocycles. The Kier molecular flexibility index (Phi) is 3.07. The molecule has 0 fully saturated rings. The summed E-state index contributed by atoms with van der Waals surface area (Å²) in [7, 11) is 1.62. The van der Waals surface area contributed by atoms with Crippen molar-refractivity contribution in [2.24, 2.45) is 0 Å². The Labute approximate surface area is 110 Å². The minimum absolute atomic E-state index is 0.416. The summed E-state index contributed by atoms with van der Waals surface area (Å²) in [5.41, 5.74) is 1.86. The van der Waals surface area contributed by atoms with Gasteiger partial charge in [0.2, 0.25) is 0 Å². The maximum Gasteiger partial charge on any atom is 0.184 e. The highest BCUT2D eigenvalue weighted by molar-refractivity contribution is 5.52. The van der Waals surface area contributed by atoms with Crippen LogP contribution in [0.2, 0.25) is 0 Å². The van der Waals surface area contributed by atoms with Crippen LogP contribution < -0.4 is 0 Å². The van der Waals surface area contributed by atoms with Crippen LogP contribution >= 0.6 is 0 Å². The van der Waals surface area contributed by atoms with E-state index in [2.05, 4.69) is 20.3 Å². The Morgan fingerprint density at radius 3 is 2.89 bits per heavy atom. The Morgan fingerprint density at radius 1 is 1.26 bits per heavy atom. The minimum Gasteiger partial charge on any atom is -0.377 e. The van der Waals surface area contributed by atoms with Crippen LogP contribution in [0.25, 0.3) is 17.1 Å². The topological polar surface area (TPSA) is 68.6 Å². The van der Waals surface area contributed by atoms with Crippen molar-refractivity contribution in [3.8, 4) is 17.1 Å². The number of ether oxygens (including phenoxy) is 1. The molecule has 1 aromatic carbocycles. The maximum absolute atomic E-state index is 5.00. The second-order valence-corrected chi connectivity index (χ2v) is 4.05. The van der Waals surface area contributed by atoms with Gasteiger partial charge in [-0.05, 0) is 12.1 Å². The summed E-state index contributed by atoms with van der Waals surface area (Å²) in [5.74, 6) is 1.32. The Morgan fingerprint density at radius 2 is 2.11 bits per heavy atom. The first-order valence-electron chi connectivity index (χ1n) is 5.87. The Hall–Kier alpha value is -2.47. The van der Waals surface area contributed by atoms with E-state index in [0.29, 0.717) is 18.3 Å². The normalized spacial score (nSPS) is 10.8. The Bertz CT molecular complexity index is 658. The summed E-state index contributed by atoms with van der Waals surface area (Å²) in [6, 6.07) is 9.90. The lowest BCUT2D eigenvalue weighted by Gasteiger charge is -1.98. The summed E-state index contributed by atoms with van der Waals surface area (Å²) in [6.45, 7) is 0.416. The molecule has 0 saturated carbocycles. The zero-order chi connectivity index (χ0) is 13.1. The van der Waals surface area contributed by atoms with E-state index in [1.807, 2.05) is 36.5 Å². The predicted octanol–water partition coefficient (Wildman–Crippen LogP) is 1.80. The lowest BCUT2D eigenvalue weighted by atomic mass is 10.3. The van der Waals surface area contributed by atoms with E-state index in [9.17, 15) is 0 Å².